The number of ether oxygens (including phenoxy) is 2. The zero-order valence-corrected chi connectivity index (χ0v) is 14.6. The van der Waals surface area contributed by atoms with Crippen LogP contribution in [0.25, 0.3) is 0 Å². The van der Waals surface area contributed by atoms with Crippen LogP contribution in [0.2, 0.25) is 0 Å². The quantitative estimate of drug-likeness (QED) is 0.793. The van der Waals surface area contributed by atoms with Gasteiger partial charge in [-0.25, -0.2) is 4.98 Å². The lowest BCUT2D eigenvalue weighted by Crippen LogP contribution is -2.33. The Hall–Kier alpha value is -1.76. The fourth-order valence-electron chi connectivity index (χ4n) is 2.09. The van der Waals surface area contributed by atoms with Gasteiger partial charge in [0, 0.05) is 18.2 Å². The maximum atomic E-state index is 11.3. The number of carbonyl (C=O) groups is 1. The summed E-state index contributed by atoms with van der Waals surface area (Å²) < 4.78 is 11.8. The number of esters is 1. The molecule has 2 aromatic rings. The lowest BCUT2D eigenvalue weighted by atomic mass is 10.2. The molecule has 0 radical (unpaired) electrons. The van der Waals surface area contributed by atoms with Gasteiger partial charge in [-0.1, -0.05) is 18.2 Å². The predicted octanol–water partition coefficient (Wildman–Crippen LogP) is 1.83. The fraction of sp³-hybridized carbons (Fsp3) is 0.333. The SMILES string of the molecule is COC(=O)[C@@H](N)Cc1cn(Cc2ccccc2OC)cn1.Cl.Cl. The minimum absolute atomic E-state index is 0. The molecule has 2 rings (SSSR count). The number of hydrogen-bond acceptors (Lipinski definition) is 5. The molecule has 0 amide bonds. The van der Waals surface area contributed by atoms with E-state index in [1.54, 1.807) is 13.4 Å². The molecule has 0 fully saturated rings. The van der Waals surface area contributed by atoms with E-state index in [-0.39, 0.29) is 24.8 Å². The summed E-state index contributed by atoms with van der Waals surface area (Å²) in [5.41, 5.74) is 7.53. The highest BCUT2D eigenvalue weighted by Gasteiger charge is 2.15. The van der Waals surface area contributed by atoms with Crippen LogP contribution in [0, 0.1) is 0 Å². The molecular weight excluding hydrogens is 341 g/mol. The van der Waals surface area contributed by atoms with Crippen molar-refractivity contribution in [1.82, 2.24) is 9.55 Å². The van der Waals surface area contributed by atoms with Gasteiger partial charge >= 0.3 is 5.97 Å². The number of para-hydroxylation sites is 1. The molecule has 1 aromatic carbocycles. The Kier molecular flexibility index (Phi) is 9.32. The summed E-state index contributed by atoms with van der Waals surface area (Å²) in [4.78, 5) is 15.6. The van der Waals surface area contributed by atoms with Crippen molar-refractivity contribution < 1.29 is 14.3 Å². The Morgan fingerprint density at radius 3 is 2.65 bits per heavy atom. The number of nitrogens with two attached hydrogens (primary N) is 1. The highest BCUT2D eigenvalue weighted by atomic mass is 35.5. The summed E-state index contributed by atoms with van der Waals surface area (Å²) in [6, 6.07) is 7.11. The maximum Gasteiger partial charge on any atom is 0.323 e. The molecule has 0 unspecified atom stereocenters. The lowest BCUT2D eigenvalue weighted by molar-refractivity contribution is -0.142. The highest BCUT2D eigenvalue weighted by Crippen LogP contribution is 2.18. The van der Waals surface area contributed by atoms with Gasteiger partial charge in [-0.15, -0.1) is 24.8 Å². The lowest BCUT2D eigenvalue weighted by Gasteiger charge is -2.08. The molecule has 23 heavy (non-hydrogen) atoms. The van der Waals surface area contributed by atoms with E-state index >= 15 is 0 Å². The smallest absolute Gasteiger partial charge is 0.323 e. The first-order chi connectivity index (χ1) is 10.1. The first-order valence-electron chi connectivity index (χ1n) is 6.60. The molecule has 0 aliphatic rings. The van der Waals surface area contributed by atoms with Crippen molar-refractivity contribution in [3.05, 3.63) is 48.0 Å². The molecule has 2 N–H and O–H groups in total. The van der Waals surface area contributed by atoms with Crippen LogP contribution in [0.15, 0.2) is 36.8 Å². The molecule has 1 heterocycles. The fourth-order valence-corrected chi connectivity index (χ4v) is 2.09. The van der Waals surface area contributed by atoms with Gasteiger partial charge in [0.2, 0.25) is 0 Å². The normalized spacial score (nSPS) is 10.9. The minimum Gasteiger partial charge on any atom is -0.496 e. The number of halogens is 2. The first-order valence-corrected chi connectivity index (χ1v) is 6.60. The third-order valence-corrected chi connectivity index (χ3v) is 3.17. The van der Waals surface area contributed by atoms with Crippen LogP contribution in [0.3, 0.4) is 0 Å². The molecule has 0 aliphatic carbocycles. The van der Waals surface area contributed by atoms with Crippen LogP contribution < -0.4 is 10.5 Å². The van der Waals surface area contributed by atoms with Gasteiger partial charge in [0.1, 0.15) is 11.8 Å². The Bertz CT molecular complexity index is 620. The number of nitrogens with zero attached hydrogens (tertiary/aromatic N) is 2. The third kappa shape index (κ3) is 5.74. The number of aromatic nitrogens is 2. The largest absolute Gasteiger partial charge is 0.496 e. The van der Waals surface area contributed by atoms with E-state index in [2.05, 4.69) is 9.72 Å². The molecule has 1 atom stereocenters. The molecule has 6 nitrogen and oxygen atoms in total. The van der Waals surface area contributed by atoms with Crippen molar-refractivity contribution in [1.29, 1.82) is 0 Å². The average Bonchev–Trinajstić information content (AvgIpc) is 2.94. The van der Waals surface area contributed by atoms with E-state index < -0.39 is 12.0 Å². The van der Waals surface area contributed by atoms with E-state index in [9.17, 15) is 4.79 Å². The number of rotatable bonds is 6. The number of carbonyl (C=O) groups excluding carboxylic acids is 1. The summed E-state index contributed by atoms with van der Waals surface area (Å²) in [6.45, 7) is 0.643. The van der Waals surface area contributed by atoms with Crippen molar-refractivity contribution in [2.45, 2.75) is 19.0 Å². The summed E-state index contributed by atoms with van der Waals surface area (Å²) in [6.07, 6.45) is 3.94. The second-order valence-corrected chi connectivity index (χ2v) is 4.68. The zero-order chi connectivity index (χ0) is 15.2. The molecule has 128 valence electrons. The van der Waals surface area contributed by atoms with Crippen LogP contribution in [-0.2, 0) is 22.5 Å². The Morgan fingerprint density at radius 1 is 1.30 bits per heavy atom. The molecule has 1 aromatic heterocycles. The van der Waals surface area contributed by atoms with E-state index in [1.807, 2.05) is 35.0 Å². The van der Waals surface area contributed by atoms with E-state index in [4.69, 9.17) is 10.5 Å². The Balaban J connectivity index is 0.00000242. The van der Waals surface area contributed by atoms with Crippen LogP contribution in [0.4, 0.5) is 0 Å². The molecule has 0 spiro atoms. The Morgan fingerprint density at radius 2 is 2.00 bits per heavy atom. The monoisotopic (exact) mass is 361 g/mol. The first kappa shape index (κ1) is 21.2. The second-order valence-electron chi connectivity index (χ2n) is 4.68. The molecule has 0 bridgehead atoms. The van der Waals surface area contributed by atoms with Crippen molar-refractivity contribution in [2.24, 2.45) is 5.73 Å². The van der Waals surface area contributed by atoms with Gasteiger partial charge in [0.15, 0.2) is 0 Å². The summed E-state index contributed by atoms with van der Waals surface area (Å²) in [5, 5.41) is 0. The molecule has 0 aliphatic heterocycles. The summed E-state index contributed by atoms with van der Waals surface area (Å²) in [7, 11) is 2.97. The van der Waals surface area contributed by atoms with Gasteiger partial charge in [-0.05, 0) is 6.07 Å². The van der Waals surface area contributed by atoms with E-state index in [0.717, 1.165) is 17.0 Å². The van der Waals surface area contributed by atoms with Crippen LogP contribution in [0.1, 0.15) is 11.3 Å². The van der Waals surface area contributed by atoms with Gasteiger partial charge in [-0.2, -0.15) is 0 Å². The maximum absolute atomic E-state index is 11.3. The van der Waals surface area contributed by atoms with Crippen LogP contribution in [-0.4, -0.2) is 35.8 Å². The molecular formula is C15H21Cl2N3O3. The highest BCUT2D eigenvalue weighted by molar-refractivity contribution is 5.85. The standard InChI is InChI=1S/C15H19N3O3.2ClH/c1-20-14-6-4-3-5-11(14)8-18-9-12(17-10-18)7-13(16)15(19)21-2;;/h3-6,9-10,13H,7-8,16H2,1-2H3;2*1H/t13-;;/m0../s1. The molecule has 8 heteroatoms. The third-order valence-electron chi connectivity index (χ3n) is 3.17. The zero-order valence-electron chi connectivity index (χ0n) is 13.0. The molecule has 0 saturated carbocycles. The second kappa shape index (κ2) is 10.1. The number of methoxy groups -OCH3 is 2. The van der Waals surface area contributed by atoms with Gasteiger partial charge < -0.3 is 19.8 Å². The number of hydrogen-bond donors (Lipinski definition) is 1. The van der Waals surface area contributed by atoms with Crippen molar-refractivity contribution >= 4 is 30.8 Å². The summed E-state index contributed by atoms with van der Waals surface area (Å²) >= 11 is 0. The van der Waals surface area contributed by atoms with Crippen molar-refractivity contribution in [3.8, 4) is 5.75 Å². The summed E-state index contributed by atoms with van der Waals surface area (Å²) in [5.74, 6) is 0.397. The minimum atomic E-state index is -0.690. The van der Waals surface area contributed by atoms with Crippen molar-refractivity contribution in [2.75, 3.05) is 14.2 Å². The van der Waals surface area contributed by atoms with E-state index in [0.29, 0.717) is 13.0 Å². The van der Waals surface area contributed by atoms with Crippen LogP contribution >= 0.6 is 24.8 Å². The van der Waals surface area contributed by atoms with Gasteiger partial charge in [-0.3, -0.25) is 4.79 Å². The van der Waals surface area contributed by atoms with Crippen LogP contribution in [0.5, 0.6) is 5.75 Å². The number of imidazole rings is 1. The topological polar surface area (TPSA) is 79.4 Å². The van der Waals surface area contributed by atoms with E-state index in [1.165, 1.54) is 7.11 Å². The molecule has 0 saturated heterocycles. The Labute approximate surface area is 147 Å². The predicted molar refractivity (Wildman–Crippen MR) is 92.5 cm³/mol. The van der Waals surface area contributed by atoms with Gasteiger partial charge in [0.25, 0.3) is 0 Å². The average molecular weight is 362 g/mol. The van der Waals surface area contributed by atoms with Gasteiger partial charge in [0.05, 0.1) is 32.8 Å². The van der Waals surface area contributed by atoms with Crippen molar-refractivity contribution in [3.63, 3.8) is 0 Å². The number of benzene rings is 1.